The van der Waals surface area contributed by atoms with E-state index in [-0.39, 0.29) is 5.91 Å². The van der Waals surface area contributed by atoms with E-state index in [4.69, 9.17) is 0 Å². The van der Waals surface area contributed by atoms with Crippen LogP contribution in [0.2, 0.25) is 0 Å². The Labute approximate surface area is 113 Å². The standard InChI is InChI=1S/C13H21N5O/c1-9(19)18(11-5-6-14-7-11)8-12-15-16-13(17(12)2)10-3-4-10/h10-11,14H,3-8H2,1-2H3/t11-/m0/s1. The topological polar surface area (TPSA) is 63.1 Å². The Kier molecular flexibility index (Phi) is 3.26. The van der Waals surface area contributed by atoms with E-state index in [0.717, 1.165) is 31.2 Å². The minimum atomic E-state index is 0.115. The highest BCUT2D eigenvalue weighted by atomic mass is 16.2. The molecule has 19 heavy (non-hydrogen) atoms. The summed E-state index contributed by atoms with van der Waals surface area (Å²) in [6, 6.07) is 0.290. The first-order valence-electron chi connectivity index (χ1n) is 7.03. The molecular weight excluding hydrogens is 242 g/mol. The summed E-state index contributed by atoms with van der Waals surface area (Å²) in [7, 11) is 2.01. The summed E-state index contributed by atoms with van der Waals surface area (Å²) in [5.74, 6) is 2.67. The molecule has 1 saturated heterocycles. The van der Waals surface area contributed by atoms with E-state index in [1.54, 1.807) is 6.92 Å². The fourth-order valence-electron chi connectivity index (χ4n) is 2.77. The fourth-order valence-corrected chi connectivity index (χ4v) is 2.77. The lowest BCUT2D eigenvalue weighted by atomic mass is 10.2. The van der Waals surface area contributed by atoms with Crippen LogP contribution in [0.4, 0.5) is 0 Å². The second-order valence-electron chi connectivity index (χ2n) is 5.60. The smallest absolute Gasteiger partial charge is 0.220 e. The molecule has 0 aromatic carbocycles. The van der Waals surface area contributed by atoms with Gasteiger partial charge in [0.2, 0.25) is 5.91 Å². The van der Waals surface area contributed by atoms with Crippen molar-refractivity contribution in [3.8, 4) is 0 Å². The number of nitrogens with zero attached hydrogens (tertiary/aromatic N) is 4. The van der Waals surface area contributed by atoms with Gasteiger partial charge in [0.15, 0.2) is 5.82 Å². The predicted molar refractivity (Wildman–Crippen MR) is 70.5 cm³/mol. The van der Waals surface area contributed by atoms with Gasteiger partial charge in [-0.2, -0.15) is 0 Å². The van der Waals surface area contributed by atoms with Crippen molar-refractivity contribution in [3.05, 3.63) is 11.6 Å². The Morgan fingerprint density at radius 3 is 2.79 bits per heavy atom. The molecule has 1 aliphatic heterocycles. The van der Waals surface area contributed by atoms with Crippen LogP contribution in [0.15, 0.2) is 0 Å². The zero-order valence-electron chi connectivity index (χ0n) is 11.6. The van der Waals surface area contributed by atoms with E-state index >= 15 is 0 Å². The van der Waals surface area contributed by atoms with Crippen molar-refractivity contribution in [1.82, 2.24) is 25.0 Å². The van der Waals surface area contributed by atoms with Crippen molar-refractivity contribution in [1.29, 1.82) is 0 Å². The van der Waals surface area contributed by atoms with Crippen molar-refractivity contribution in [2.45, 2.75) is 44.7 Å². The number of hydrogen-bond acceptors (Lipinski definition) is 4. The number of carbonyl (C=O) groups is 1. The van der Waals surface area contributed by atoms with Crippen LogP contribution in [0.5, 0.6) is 0 Å². The highest BCUT2D eigenvalue weighted by molar-refractivity contribution is 5.73. The van der Waals surface area contributed by atoms with E-state index in [1.165, 1.54) is 12.8 Å². The minimum Gasteiger partial charge on any atom is -0.331 e. The van der Waals surface area contributed by atoms with Crippen molar-refractivity contribution < 1.29 is 4.79 Å². The SMILES string of the molecule is CC(=O)N(Cc1nnc(C2CC2)n1C)[C@H]1CCNC1. The summed E-state index contributed by atoms with van der Waals surface area (Å²) in [5, 5.41) is 11.9. The van der Waals surface area contributed by atoms with Gasteiger partial charge in [0.25, 0.3) is 0 Å². The van der Waals surface area contributed by atoms with E-state index in [0.29, 0.717) is 18.5 Å². The second kappa shape index (κ2) is 4.92. The minimum absolute atomic E-state index is 0.115. The third-order valence-electron chi connectivity index (χ3n) is 4.13. The molecule has 1 aromatic heterocycles. The Balaban J connectivity index is 1.75. The quantitative estimate of drug-likeness (QED) is 0.854. The Morgan fingerprint density at radius 2 is 2.21 bits per heavy atom. The Bertz CT molecular complexity index is 473. The van der Waals surface area contributed by atoms with Crippen LogP contribution < -0.4 is 5.32 Å². The zero-order valence-corrected chi connectivity index (χ0v) is 11.6. The summed E-state index contributed by atoms with van der Waals surface area (Å²) in [6.45, 7) is 4.07. The summed E-state index contributed by atoms with van der Waals surface area (Å²) in [4.78, 5) is 13.8. The van der Waals surface area contributed by atoms with Gasteiger partial charge >= 0.3 is 0 Å². The van der Waals surface area contributed by atoms with E-state index < -0.39 is 0 Å². The van der Waals surface area contributed by atoms with Gasteiger partial charge in [-0.3, -0.25) is 4.79 Å². The molecule has 2 heterocycles. The third kappa shape index (κ3) is 2.49. The van der Waals surface area contributed by atoms with Crippen molar-refractivity contribution in [2.24, 2.45) is 7.05 Å². The fraction of sp³-hybridized carbons (Fsp3) is 0.769. The first-order chi connectivity index (χ1) is 9.16. The number of rotatable bonds is 4. The predicted octanol–water partition coefficient (Wildman–Crippen LogP) is 0.403. The third-order valence-corrected chi connectivity index (χ3v) is 4.13. The van der Waals surface area contributed by atoms with Crippen LogP contribution in [-0.4, -0.2) is 44.7 Å². The summed E-state index contributed by atoms with van der Waals surface area (Å²) >= 11 is 0. The van der Waals surface area contributed by atoms with Gasteiger partial charge in [-0.25, -0.2) is 0 Å². The molecule has 2 aliphatic rings. The van der Waals surface area contributed by atoms with Gasteiger partial charge in [-0.05, 0) is 25.8 Å². The van der Waals surface area contributed by atoms with Crippen LogP contribution in [0.1, 0.15) is 43.8 Å². The van der Waals surface area contributed by atoms with Crippen molar-refractivity contribution in [3.63, 3.8) is 0 Å². The van der Waals surface area contributed by atoms with Crippen molar-refractivity contribution >= 4 is 5.91 Å². The van der Waals surface area contributed by atoms with Gasteiger partial charge in [0.1, 0.15) is 5.82 Å². The lowest BCUT2D eigenvalue weighted by molar-refractivity contribution is -0.131. The maximum absolute atomic E-state index is 11.8. The maximum atomic E-state index is 11.8. The first-order valence-corrected chi connectivity index (χ1v) is 7.03. The van der Waals surface area contributed by atoms with Gasteiger partial charge in [0.05, 0.1) is 6.54 Å². The van der Waals surface area contributed by atoms with Gasteiger partial charge in [-0.15, -0.1) is 10.2 Å². The van der Waals surface area contributed by atoms with E-state index in [1.807, 2.05) is 11.9 Å². The summed E-state index contributed by atoms with van der Waals surface area (Å²) in [5.41, 5.74) is 0. The monoisotopic (exact) mass is 263 g/mol. The van der Waals surface area contributed by atoms with Crippen LogP contribution in [0, 0.1) is 0 Å². The molecule has 1 aromatic rings. The van der Waals surface area contributed by atoms with Crippen LogP contribution in [-0.2, 0) is 18.4 Å². The molecule has 1 atom stereocenters. The lowest BCUT2D eigenvalue weighted by Gasteiger charge is -2.26. The lowest BCUT2D eigenvalue weighted by Crippen LogP contribution is -2.40. The maximum Gasteiger partial charge on any atom is 0.220 e. The molecule has 0 radical (unpaired) electrons. The number of aromatic nitrogens is 3. The summed E-state index contributed by atoms with van der Waals surface area (Å²) < 4.78 is 2.07. The molecule has 1 amide bonds. The first kappa shape index (κ1) is 12.6. The second-order valence-corrected chi connectivity index (χ2v) is 5.60. The average Bonchev–Trinajstić information content (AvgIpc) is 2.95. The van der Waals surface area contributed by atoms with Crippen LogP contribution >= 0.6 is 0 Å². The van der Waals surface area contributed by atoms with Gasteiger partial charge in [-0.1, -0.05) is 0 Å². The molecule has 104 valence electrons. The number of nitrogens with one attached hydrogen (secondary N) is 1. The molecule has 1 N–H and O–H groups in total. The highest BCUT2D eigenvalue weighted by Crippen LogP contribution is 2.38. The molecule has 6 heteroatoms. The molecule has 0 unspecified atom stereocenters. The molecule has 3 rings (SSSR count). The van der Waals surface area contributed by atoms with E-state index in [9.17, 15) is 4.79 Å². The molecule has 6 nitrogen and oxygen atoms in total. The largest absolute Gasteiger partial charge is 0.331 e. The zero-order chi connectivity index (χ0) is 13.4. The molecule has 0 spiro atoms. The molecule has 1 saturated carbocycles. The number of hydrogen-bond donors (Lipinski definition) is 1. The number of amides is 1. The normalized spacial score (nSPS) is 22.7. The molecule has 1 aliphatic carbocycles. The number of carbonyl (C=O) groups excluding carboxylic acids is 1. The summed E-state index contributed by atoms with van der Waals surface area (Å²) in [6.07, 6.45) is 3.46. The Hall–Kier alpha value is -1.43. The Morgan fingerprint density at radius 1 is 1.42 bits per heavy atom. The highest BCUT2D eigenvalue weighted by Gasteiger charge is 2.31. The molecule has 0 bridgehead atoms. The van der Waals surface area contributed by atoms with E-state index in [2.05, 4.69) is 20.1 Å². The molecule has 2 fully saturated rings. The van der Waals surface area contributed by atoms with Crippen LogP contribution in [0.25, 0.3) is 0 Å². The molecular formula is C13H21N5O. The van der Waals surface area contributed by atoms with Crippen LogP contribution in [0.3, 0.4) is 0 Å². The van der Waals surface area contributed by atoms with Gasteiger partial charge in [0, 0.05) is 32.5 Å². The average molecular weight is 263 g/mol. The van der Waals surface area contributed by atoms with Crippen molar-refractivity contribution in [2.75, 3.05) is 13.1 Å². The van der Waals surface area contributed by atoms with Gasteiger partial charge < -0.3 is 14.8 Å².